The lowest BCUT2D eigenvalue weighted by Gasteiger charge is -2.18. The number of anilines is 1. The first-order valence-electron chi connectivity index (χ1n) is 8.67. The Bertz CT molecular complexity index is 937. The minimum Gasteiger partial charge on any atom is -0.394 e. The number of oxime groups is 1. The maximum atomic E-state index is 12.9. The van der Waals surface area contributed by atoms with Crippen LogP contribution in [0.4, 0.5) is 5.69 Å². The van der Waals surface area contributed by atoms with Crippen molar-refractivity contribution in [3.8, 4) is 0 Å². The summed E-state index contributed by atoms with van der Waals surface area (Å²) in [6, 6.07) is 9.03. The van der Waals surface area contributed by atoms with Crippen LogP contribution in [0.25, 0.3) is 0 Å². The van der Waals surface area contributed by atoms with Crippen molar-refractivity contribution in [2.75, 3.05) is 37.6 Å². The zero-order valence-corrected chi connectivity index (χ0v) is 17.4. The number of para-hydroxylation sites is 1. The molecule has 146 valence electrons. The lowest BCUT2D eigenvalue weighted by atomic mass is 10.1. The second-order valence-electron chi connectivity index (χ2n) is 6.43. The lowest BCUT2D eigenvalue weighted by Crippen LogP contribution is -2.26. The monoisotopic (exact) mass is 427 g/mol. The van der Waals surface area contributed by atoms with Crippen molar-refractivity contribution in [2.45, 2.75) is 17.7 Å². The Morgan fingerprint density at radius 1 is 1.19 bits per heavy atom. The molecule has 6 nitrogen and oxygen atoms in total. The summed E-state index contributed by atoms with van der Waals surface area (Å²) in [4.78, 5) is 8.88. The summed E-state index contributed by atoms with van der Waals surface area (Å²) in [7, 11) is -2.03. The molecular formula is C18H22ClN3O3S2. The molecule has 1 aromatic carbocycles. The van der Waals surface area contributed by atoms with Gasteiger partial charge in [0.2, 0.25) is 0 Å². The summed E-state index contributed by atoms with van der Waals surface area (Å²) in [6.07, 6.45) is 2.48. The molecule has 0 amide bonds. The number of nitrogens with zero attached hydrogens (tertiary/aromatic N) is 3. The molecule has 0 radical (unpaired) electrons. The van der Waals surface area contributed by atoms with E-state index in [2.05, 4.69) is 10.1 Å². The molecule has 1 fully saturated rings. The number of fused-ring (bicyclic) bond motifs is 2. The van der Waals surface area contributed by atoms with Crippen LogP contribution in [-0.2, 0) is 14.9 Å². The molecule has 4 rings (SSSR count). The molecule has 2 aromatic rings. The highest BCUT2D eigenvalue weighted by atomic mass is 35.5. The van der Waals surface area contributed by atoms with Gasteiger partial charge in [-0.1, -0.05) is 23.4 Å². The molecule has 0 spiro atoms. The van der Waals surface area contributed by atoms with Gasteiger partial charge in [0.15, 0.2) is 0 Å². The van der Waals surface area contributed by atoms with Crippen molar-refractivity contribution < 1.29 is 13.3 Å². The highest BCUT2D eigenvalue weighted by Crippen LogP contribution is 2.36. The van der Waals surface area contributed by atoms with Crippen LogP contribution < -0.4 is 4.31 Å². The van der Waals surface area contributed by atoms with Gasteiger partial charge < -0.3 is 4.84 Å². The summed E-state index contributed by atoms with van der Waals surface area (Å²) in [5, 5.41) is 6.15. The molecule has 0 atom stereocenters. The summed E-state index contributed by atoms with van der Waals surface area (Å²) in [6.45, 7) is 3.56. The number of thiophene rings is 1. The van der Waals surface area contributed by atoms with Gasteiger partial charge in [-0.05, 0) is 43.4 Å². The summed E-state index contributed by atoms with van der Waals surface area (Å²) in [5.74, 6) is 0. The van der Waals surface area contributed by atoms with Crippen LogP contribution in [0.2, 0.25) is 0 Å². The van der Waals surface area contributed by atoms with Crippen molar-refractivity contribution in [3.63, 3.8) is 0 Å². The van der Waals surface area contributed by atoms with E-state index in [0.29, 0.717) is 22.9 Å². The highest BCUT2D eigenvalue weighted by molar-refractivity contribution is 7.93. The summed E-state index contributed by atoms with van der Waals surface area (Å²) in [5.41, 5.74) is 1.96. The maximum Gasteiger partial charge on any atom is 0.265 e. The number of halogens is 1. The molecule has 2 aliphatic heterocycles. The van der Waals surface area contributed by atoms with Gasteiger partial charge in [0.1, 0.15) is 17.2 Å². The molecular weight excluding hydrogens is 406 g/mol. The van der Waals surface area contributed by atoms with Crippen molar-refractivity contribution >= 4 is 45.2 Å². The van der Waals surface area contributed by atoms with Gasteiger partial charge in [-0.25, -0.2) is 8.42 Å². The number of hydrogen-bond donors (Lipinski definition) is 0. The minimum absolute atomic E-state index is 0. The molecule has 0 bridgehead atoms. The van der Waals surface area contributed by atoms with E-state index in [1.807, 2.05) is 18.2 Å². The zero-order valence-electron chi connectivity index (χ0n) is 15.0. The molecule has 1 aromatic heterocycles. The third-order valence-corrected chi connectivity index (χ3v) is 7.70. The van der Waals surface area contributed by atoms with E-state index in [9.17, 15) is 8.42 Å². The number of hydrogen-bond acceptors (Lipinski definition) is 6. The van der Waals surface area contributed by atoms with E-state index in [1.54, 1.807) is 24.6 Å². The largest absolute Gasteiger partial charge is 0.394 e. The van der Waals surface area contributed by atoms with Crippen LogP contribution in [0.3, 0.4) is 0 Å². The quantitative estimate of drug-likeness (QED) is 0.555. The Balaban J connectivity index is 0.00000210. The number of rotatable bonds is 4. The van der Waals surface area contributed by atoms with Gasteiger partial charge in [0.05, 0.1) is 10.6 Å². The second kappa shape index (κ2) is 8.18. The molecule has 3 heterocycles. The molecule has 2 aliphatic rings. The Morgan fingerprint density at radius 3 is 2.70 bits per heavy atom. The van der Waals surface area contributed by atoms with Gasteiger partial charge in [0.25, 0.3) is 10.0 Å². The van der Waals surface area contributed by atoms with Gasteiger partial charge in [-0.2, -0.15) is 0 Å². The fourth-order valence-electron chi connectivity index (χ4n) is 3.40. The number of likely N-dealkylation sites (tertiary alicyclic amines) is 1. The van der Waals surface area contributed by atoms with Crippen LogP contribution >= 0.6 is 23.7 Å². The molecule has 0 unspecified atom stereocenters. The van der Waals surface area contributed by atoms with Crippen LogP contribution in [0.1, 0.15) is 23.3 Å². The van der Waals surface area contributed by atoms with E-state index in [1.165, 1.54) is 28.5 Å². The van der Waals surface area contributed by atoms with Crippen LogP contribution in [0.5, 0.6) is 0 Å². The van der Waals surface area contributed by atoms with Crippen molar-refractivity contribution in [1.29, 1.82) is 0 Å². The fraction of sp³-hybridized carbons (Fsp3) is 0.389. The maximum absolute atomic E-state index is 12.9. The van der Waals surface area contributed by atoms with Gasteiger partial charge >= 0.3 is 0 Å². The predicted octanol–water partition coefficient (Wildman–Crippen LogP) is 3.17. The molecule has 0 aliphatic carbocycles. The van der Waals surface area contributed by atoms with E-state index in [0.717, 1.165) is 25.2 Å². The average Bonchev–Trinajstić information content (AvgIpc) is 3.32. The van der Waals surface area contributed by atoms with Crippen LogP contribution in [-0.4, -0.2) is 52.3 Å². The summed E-state index contributed by atoms with van der Waals surface area (Å²) < 4.78 is 27.2. The first-order valence-corrected chi connectivity index (χ1v) is 11.0. The predicted molar refractivity (Wildman–Crippen MR) is 111 cm³/mol. The topological polar surface area (TPSA) is 62.2 Å². The van der Waals surface area contributed by atoms with E-state index in [-0.39, 0.29) is 17.3 Å². The zero-order chi connectivity index (χ0) is 18.1. The first-order chi connectivity index (χ1) is 12.6. The Morgan fingerprint density at radius 2 is 1.93 bits per heavy atom. The molecule has 0 saturated carbocycles. The lowest BCUT2D eigenvalue weighted by molar-refractivity contribution is 0.119. The van der Waals surface area contributed by atoms with Gasteiger partial charge in [-0.15, -0.1) is 23.7 Å². The van der Waals surface area contributed by atoms with Gasteiger partial charge in [-0.3, -0.25) is 9.21 Å². The van der Waals surface area contributed by atoms with E-state index in [4.69, 9.17) is 4.84 Å². The van der Waals surface area contributed by atoms with Crippen molar-refractivity contribution in [3.05, 3.63) is 46.2 Å². The first kappa shape index (κ1) is 20.1. The SMILES string of the molecule is CN1c2ccccc2/C(=N\OCCN2CCCC2)c2sccc2S1(=O)=O.Cl. The van der Waals surface area contributed by atoms with E-state index >= 15 is 0 Å². The van der Waals surface area contributed by atoms with Gasteiger partial charge in [0, 0.05) is 19.2 Å². The number of benzene rings is 1. The van der Waals surface area contributed by atoms with Crippen molar-refractivity contribution in [1.82, 2.24) is 4.90 Å². The third-order valence-electron chi connectivity index (χ3n) is 4.83. The summed E-state index contributed by atoms with van der Waals surface area (Å²) >= 11 is 1.37. The molecule has 0 N–H and O–H groups in total. The highest BCUT2D eigenvalue weighted by Gasteiger charge is 2.34. The fourth-order valence-corrected chi connectivity index (χ4v) is 6.01. The van der Waals surface area contributed by atoms with Crippen LogP contribution in [0, 0.1) is 0 Å². The molecule has 27 heavy (non-hydrogen) atoms. The second-order valence-corrected chi connectivity index (χ2v) is 9.28. The van der Waals surface area contributed by atoms with E-state index < -0.39 is 10.0 Å². The average molecular weight is 428 g/mol. The minimum atomic E-state index is -3.60. The Labute approximate surface area is 169 Å². The van der Waals surface area contributed by atoms with Crippen molar-refractivity contribution in [2.24, 2.45) is 5.16 Å². The van der Waals surface area contributed by atoms with Crippen LogP contribution in [0.15, 0.2) is 45.8 Å². The standard InChI is InChI=1S/C18H21N3O3S2.ClH/c1-20-15-7-3-2-6-14(15)17(18-16(8-13-25-18)26(20,22)23)19-24-12-11-21-9-4-5-10-21;/h2-3,6-8,13H,4-5,9-12H2,1H3;1H/b19-17+;. The Kier molecular flexibility index (Phi) is 6.10. The molecule has 1 saturated heterocycles. The smallest absolute Gasteiger partial charge is 0.265 e. The number of sulfonamides is 1. The third kappa shape index (κ3) is 3.71. The Hall–Kier alpha value is -1.61. The molecule has 9 heteroatoms. The normalized spacial score (nSPS) is 19.9.